The molecule has 0 radical (unpaired) electrons. The van der Waals surface area contributed by atoms with Gasteiger partial charge in [0.05, 0.1) is 11.9 Å². The third-order valence-electron chi connectivity index (χ3n) is 3.75. The molecular formula is C16H26N4O. The van der Waals surface area contributed by atoms with Crippen LogP contribution in [0.1, 0.15) is 51.6 Å². The number of nitrogens with zero attached hydrogens (tertiary/aromatic N) is 1. The highest BCUT2D eigenvalue weighted by Crippen LogP contribution is 2.28. The molecule has 5 nitrogen and oxygen atoms in total. The Morgan fingerprint density at radius 3 is 2.57 bits per heavy atom. The Kier molecular flexibility index (Phi) is 6.85. The summed E-state index contributed by atoms with van der Waals surface area (Å²) in [6.45, 7) is 7.70. The third-order valence-corrected chi connectivity index (χ3v) is 3.75. The summed E-state index contributed by atoms with van der Waals surface area (Å²) in [5, 5.41) is 10.0. The maximum Gasteiger partial charge on any atom is 0.207 e. The van der Waals surface area contributed by atoms with Gasteiger partial charge < -0.3 is 15.7 Å². The topological polar surface area (TPSA) is 81.6 Å². The van der Waals surface area contributed by atoms with Crippen molar-refractivity contribution in [3.8, 4) is 0 Å². The maximum absolute atomic E-state index is 9.95. The average Bonchev–Trinajstić information content (AvgIpc) is 2.74. The Hall–Kier alpha value is -1.91. The van der Waals surface area contributed by atoms with Crippen LogP contribution in [0.4, 0.5) is 0 Å². The van der Waals surface area contributed by atoms with Crippen LogP contribution in [0.15, 0.2) is 12.3 Å². The van der Waals surface area contributed by atoms with Crippen LogP contribution >= 0.6 is 0 Å². The minimum absolute atomic E-state index is 0.399. The number of carbonyl (C=O) groups is 1. The number of H-pyrrole nitrogens is 1. The van der Waals surface area contributed by atoms with E-state index < -0.39 is 0 Å². The number of carbonyl (C=O) groups excluding carboxylic acids is 1. The number of allylic oxidation sites excluding steroid dienone is 2. The van der Waals surface area contributed by atoms with Crippen LogP contribution in [0.25, 0.3) is 5.57 Å². The molecule has 1 atom stereocenters. The van der Waals surface area contributed by atoms with E-state index in [0.717, 1.165) is 29.4 Å². The second-order valence-corrected chi connectivity index (χ2v) is 5.66. The number of hydrogen-bond acceptors (Lipinski definition) is 3. The molecule has 5 heteroatoms. The summed E-state index contributed by atoms with van der Waals surface area (Å²) in [6, 6.07) is 0.399. The van der Waals surface area contributed by atoms with Gasteiger partial charge in [-0.1, -0.05) is 6.42 Å². The van der Waals surface area contributed by atoms with Gasteiger partial charge in [-0.25, -0.2) is 4.98 Å². The highest BCUT2D eigenvalue weighted by molar-refractivity contribution is 5.96. The van der Waals surface area contributed by atoms with Gasteiger partial charge >= 0.3 is 0 Å². The van der Waals surface area contributed by atoms with E-state index >= 15 is 0 Å². The summed E-state index contributed by atoms with van der Waals surface area (Å²) in [7, 11) is 0. The molecule has 3 N–H and O–H groups in total. The van der Waals surface area contributed by atoms with E-state index in [4.69, 9.17) is 5.41 Å². The first kappa shape index (κ1) is 17.1. The van der Waals surface area contributed by atoms with Crippen LogP contribution in [0.2, 0.25) is 0 Å². The Bertz CT molecular complexity index is 500. The molecule has 0 spiro atoms. The lowest BCUT2D eigenvalue weighted by molar-refractivity contribution is -0.110. The molecule has 1 unspecified atom stereocenters. The fourth-order valence-corrected chi connectivity index (χ4v) is 2.21. The molecule has 1 aromatic heterocycles. The molecule has 0 saturated heterocycles. The SMILES string of the molecule is CC(=N)/C=C(/C)c1cnc(C)[nH]1.CC(NC=O)C1CCC1. The highest BCUT2D eigenvalue weighted by Gasteiger charge is 2.22. The van der Waals surface area contributed by atoms with Gasteiger partial charge in [0.25, 0.3) is 0 Å². The van der Waals surface area contributed by atoms with Gasteiger partial charge in [0.2, 0.25) is 6.41 Å². The zero-order chi connectivity index (χ0) is 15.8. The standard InChI is InChI=1S/C9H13N3.C7H13NO/c1-6(4-7(2)10)9-5-11-8(3)12-9;1-6(8-5-9)7-3-2-4-7/h4-5,10H,1-3H3,(H,11,12);5-7H,2-4H2,1H3,(H,8,9)/b6-4-,10-7?;. The van der Waals surface area contributed by atoms with Gasteiger partial charge in [-0.05, 0) is 58.1 Å². The van der Waals surface area contributed by atoms with Crippen molar-refractivity contribution < 1.29 is 4.79 Å². The third kappa shape index (κ3) is 5.94. The quantitative estimate of drug-likeness (QED) is 0.575. The van der Waals surface area contributed by atoms with Crippen LogP contribution in [0.5, 0.6) is 0 Å². The average molecular weight is 290 g/mol. The Labute approximate surface area is 126 Å². The molecule has 21 heavy (non-hydrogen) atoms. The van der Waals surface area contributed by atoms with E-state index in [-0.39, 0.29) is 0 Å². The number of aromatic nitrogens is 2. The molecule has 0 aromatic carbocycles. The van der Waals surface area contributed by atoms with Gasteiger partial charge in [0.1, 0.15) is 5.82 Å². The zero-order valence-electron chi connectivity index (χ0n) is 13.4. The molecule has 1 heterocycles. The maximum atomic E-state index is 9.95. The van der Waals surface area contributed by atoms with Crippen LogP contribution < -0.4 is 5.32 Å². The molecule has 0 bridgehead atoms. The smallest absolute Gasteiger partial charge is 0.207 e. The molecule has 2 rings (SSSR count). The summed E-state index contributed by atoms with van der Waals surface area (Å²) in [4.78, 5) is 17.1. The largest absolute Gasteiger partial charge is 0.356 e. The Balaban J connectivity index is 0.000000219. The van der Waals surface area contributed by atoms with E-state index in [1.807, 2.05) is 19.9 Å². The van der Waals surface area contributed by atoms with Crippen molar-refractivity contribution in [3.05, 3.63) is 23.8 Å². The highest BCUT2D eigenvalue weighted by atomic mass is 16.1. The number of aryl methyl sites for hydroxylation is 1. The van der Waals surface area contributed by atoms with Gasteiger partial charge in [0.15, 0.2) is 0 Å². The molecule has 116 valence electrons. The second kappa shape index (κ2) is 8.39. The number of nitrogens with one attached hydrogen (secondary N) is 3. The second-order valence-electron chi connectivity index (χ2n) is 5.66. The molecule has 1 aliphatic carbocycles. The zero-order valence-corrected chi connectivity index (χ0v) is 13.4. The minimum atomic E-state index is 0.399. The van der Waals surface area contributed by atoms with E-state index in [9.17, 15) is 4.79 Å². The summed E-state index contributed by atoms with van der Waals surface area (Å²) >= 11 is 0. The van der Waals surface area contributed by atoms with Gasteiger partial charge in [-0.3, -0.25) is 4.79 Å². The van der Waals surface area contributed by atoms with Crippen LogP contribution in [0, 0.1) is 18.3 Å². The van der Waals surface area contributed by atoms with Crippen molar-refractivity contribution in [2.75, 3.05) is 0 Å². The van der Waals surface area contributed by atoms with Crippen LogP contribution in [0.3, 0.4) is 0 Å². The normalized spacial score (nSPS) is 16.3. The Morgan fingerprint density at radius 1 is 1.52 bits per heavy atom. The van der Waals surface area contributed by atoms with Gasteiger partial charge in [-0.2, -0.15) is 0 Å². The first-order chi connectivity index (χ1) is 9.93. The first-order valence-corrected chi connectivity index (χ1v) is 7.39. The van der Waals surface area contributed by atoms with E-state index in [0.29, 0.717) is 11.8 Å². The molecular weight excluding hydrogens is 264 g/mol. The lowest BCUT2D eigenvalue weighted by atomic mass is 9.80. The lowest BCUT2D eigenvalue weighted by Crippen LogP contribution is -2.36. The number of rotatable bonds is 5. The molecule has 1 amide bonds. The predicted octanol–water partition coefficient (Wildman–Crippen LogP) is 3.08. The van der Waals surface area contributed by atoms with Crippen LogP contribution in [-0.4, -0.2) is 28.1 Å². The summed E-state index contributed by atoms with van der Waals surface area (Å²) < 4.78 is 0. The molecule has 1 fully saturated rings. The minimum Gasteiger partial charge on any atom is -0.356 e. The predicted molar refractivity (Wildman–Crippen MR) is 86.4 cm³/mol. The molecule has 0 aliphatic heterocycles. The Morgan fingerprint density at radius 2 is 2.19 bits per heavy atom. The number of aromatic amines is 1. The lowest BCUT2D eigenvalue weighted by Gasteiger charge is -2.30. The number of hydrogen-bond donors (Lipinski definition) is 3. The summed E-state index contributed by atoms with van der Waals surface area (Å²) in [5.74, 6) is 1.66. The molecule has 1 aliphatic rings. The molecule has 1 aromatic rings. The fraction of sp³-hybridized carbons (Fsp3) is 0.562. The van der Waals surface area contributed by atoms with Crippen LogP contribution in [-0.2, 0) is 4.79 Å². The van der Waals surface area contributed by atoms with Crippen molar-refractivity contribution in [3.63, 3.8) is 0 Å². The molecule has 1 saturated carbocycles. The monoisotopic (exact) mass is 290 g/mol. The van der Waals surface area contributed by atoms with Crippen molar-refractivity contribution in [2.45, 2.75) is 53.0 Å². The van der Waals surface area contributed by atoms with Gasteiger partial charge in [-0.15, -0.1) is 0 Å². The van der Waals surface area contributed by atoms with Crippen molar-refractivity contribution in [1.29, 1.82) is 5.41 Å². The van der Waals surface area contributed by atoms with Crippen molar-refractivity contribution in [1.82, 2.24) is 15.3 Å². The van der Waals surface area contributed by atoms with Gasteiger partial charge in [0, 0.05) is 11.8 Å². The fourth-order valence-electron chi connectivity index (χ4n) is 2.21. The van der Waals surface area contributed by atoms with Crippen molar-refractivity contribution >= 4 is 17.7 Å². The van der Waals surface area contributed by atoms with Crippen molar-refractivity contribution in [2.24, 2.45) is 5.92 Å². The van der Waals surface area contributed by atoms with E-state index in [2.05, 4.69) is 22.2 Å². The van der Waals surface area contributed by atoms with E-state index in [1.54, 1.807) is 13.1 Å². The number of imidazole rings is 1. The van der Waals surface area contributed by atoms with E-state index in [1.165, 1.54) is 19.3 Å². The first-order valence-electron chi connectivity index (χ1n) is 7.39. The number of amides is 1. The summed E-state index contributed by atoms with van der Waals surface area (Å²) in [5.41, 5.74) is 2.59. The summed E-state index contributed by atoms with van der Waals surface area (Å²) in [6.07, 6.45) is 8.32.